The molecule has 5 nitrogen and oxygen atoms in total. The topological polar surface area (TPSA) is 60.1 Å². The van der Waals surface area contributed by atoms with Crippen molar-refractivity contribution in [3.63, 3.8) is 0 Å². The zero-order valence-electron chi connectivity index (χ0n) is 14.9. The van der Waals surface area contributed by atoms with Gasteiger partial charge in [0.2, 0.25) is 0 Å². The first-order chi connectivity index (χ1) is 13.2. The average molecular weight is 466 g/mol. The minimum Gasteiger partial charge on any atom is -0.619 e. The largest absolute Gasteiger partial charge is 0.619 e. The maximum absolute atomic E-state index is 13.0. The third-order valence-electron chi connectivity index (χ3n) is 4.34. The first kappa shape index (κ1) is 21.5. The Morgan fingerprint density at radius 2 is 2.32 bits per heavy atom. The number of aromatic nitrogens is 2. The summed E-state index contributed by atoms with van der Waals surface area (Å²) in [6.45, 7) is 2.43. The van der Waals surface area contributed by atoms with E-state index in [0.717, 1.165) is 0 Å². The number of pyridine rings is 1. The van der Waals surface area contributed by atoms with Crippen LogP contribution >= 0.6 is 35.2 Å². The zero-order chi connectivity index (χ0) is 20.5. The predicted molar refractivity (Wildman–Crippen MR) is 113 cm³/mol. The van der Waals surface area contributed by atoms with E-state index in [1.165, 1.54) is 23.7 Å². The molecular formula is C17H18ClF2N3O2S3. The van der Waals surface area contributed by atoms with Gasteiger partial charge in [-0.3, -0.25) is 4.21 Å². The van der Waals surface area contributed by atoms with Crippen LogP contribution in [0.2, 0.25) is 5.15 Å². The molecule has 0 amide bonds. The Morgan fingerprint density at radius 3 is 2.93 bits per heavy atom. The van der Waals surface area contributed by atoms with Gasteiger partial charge in [0.05, 0.1) is 10.6 Å². The molecule has 0 saturated heterocycles. The SMILES string of the molecule is CCN(C(=S)CCS(=O)CC1CC1(F)F)c1sc(-c2ccc[n+]([O-])c2)nc1Cl. The van der Waals surface area contributed by atoms with Crippen LogP contribution in [0.1, 0.15) is 19.8 Å². The molecule has 1 saturated carbocycles. The van der Waals surface area contributed by atoms with Gasteiger partial charge < -0.3 is 10.1 Å². The molecule has 152 valence electrons. The van der Waals surface area contributed by atoms with Crippen LogP contribution in [0, 0.1) is 11.1 Å². The van der Waals surface area contributed by atoms with E-state index < -0.39 is 22.6 Å². The number of halogens is 3. The number of nitrogens with zero attached hydrogens (tertiary/aromatic N) is 3. The van der Waals surface area contributed by atoms with Crippen LogP contribution < -0.4 is 9.63 Å². The minimum absolute atomic E-state index is 0.0103. The molecule has 3 rings (SSSR count). The summed E-state index contributed by atoms with van der Waals surface area (Å²) >= 11 is 13.1. The molecule has 2 aromatic rings. The third kappa shape index (κ3) is 5.03. The molecule has 2 aromatic heterocycles. The Balaban J connectivity index is 1.65. The molecule has 0 spiro atoms. The Hall–Kier alpha value is -1.23. The molecule has 28 heavy (non-hydrogen) atoms. The summed E-state index contributed by atoms with van der Waals surface area (Å²) in [5, 5.41) is 13.0. The summed E-state index contributed by atoms with van der Waals surface area (Å²) in [6, 6.07) is 3.39. The first-order valence-corrected chi connectivity index (χ1v) is 11.7. The van der Waals surface area contributed by atoms with E-state index in [0.29, 0.717) is 38.3 Å². The van der Waals surface area contributed by atoms with Gasteiger partial charge in [-0.25, -0.2) is 13.8 Å². The summed E-state index contributed by atoms with van der Waals surface area (Å²) in [7, 11) is -1.34. The van der Waals surface area contributed by atoms with Crippen molar-refractivity contribution in [2.45, 2.75) is 25.7 Å². The van der Waals surface area contributed by atoms with Crippen molar-refractivity contribution in [3.05, 3.63) is 34.9 Å². The minimum atomic E-state index is -2.65. The third-order valence-corrected chi connectivity index (χ3v) is 7.70. The second-order valence-corrected chi connectivity index (χ2v) is 9.86. The summed E-state index contributed by atoms with van der Waals surface area (Å²) in [5.74, 6) is -3.17. The molecule has 1 aliphatic carbocycles. The van der Waals surface area contributed by atoms with Gasteiger partial charge in [0, 0.05) is 53.7 Å². The average Bonchev–Trinajstić information content (AvgIpc) is 3.05. The van der Waals surface area contributed by atoms with Gasteiger partial charge >= 0.3 is 0 Å². The molecule has 0 radical (unpaired) electrons. The zero-order valence-corrected chi connectivity index (χ0v) is 18.1. The number of rotatable bonds is 8. The normalized spacial score (nSPS) is 18.6. The van der Waals surface area contributed by atoms with Crippen molar-refractivity contribution in [1.82, 2.24) is 4.98 Å². The fraction of sp³-hybridized carbons (Fsp3) is 0.471. The molecular weight excluding hydrogens is 448 g/mol. The van der Waals surface area contributed by atoms with Crippen molar-refractivity contribution in [2.75, 3.05) is 23.0 Å². The van der Waals surface area contributed by atoms with Crippen molar-refractivity contribution in [1.29, 1.82) is 0 Å². The quantitative estimate of drug-likeness (QED) is 0.334. The highest BCUT2D eigenvalue weighted by molar-refractivity contribution is 7.85. The molecule has 0 bridgehead atoms. The Morgan fingerprint density at radius 1 is 1.61 bits per heavy atom. The highest BCUT2D eigenvalue weighted by Crippen LogP contribution is 2.48. The standard InChI is InChI=1S/C17H18ClF2N3O2S3/c1-2-23(13(26)5-7-28(25)10-12-8-17(12,19)20)16-14(18)21-15(27-16)11-4-3-6-22(24)9-11/h3-4,6,9,12H,2,5,7-8,10H2,1H3. The van der Waals surface area contributed by atoms with Crippen molar-refractivity contribution in [3.8, 4) is 10.6 Å². The van der Waals surface area contributed by atoms with E-state index in [-0.39, 0.29) is 23.1 Å². The maximum atomic E-state index is 13.0. The van der Waals surface area contributed by atoms with Crippen LogP contribution in [-0.2, 0) is 10.8 Å². The van der Waals surface area contributed by atoms with Gasteiger partial charge in [-0.15, -0.1) is 0 Å². The number of thiazole rings is 1. The van der Waals surface area contributed by atoms with Gasteiger partial charge in [-0.2, -0.15) is 4.73 Å². The number of thiocarbonyl (C=S) groups is 1. The number of alkyl halides is 2. The highest BCUT2D eigenvalue weighted by Gasteiger charge is 2.57. The number of anilines is 1. The predicted octanol–water partition coefficient (Wildman–Crippen LogP) is 4.04. The van der Waals surface area contributed by atoms with Crippen molar-refractivity contribution < 1.29 is 17.7 Å². The summed E-state index contributed by atoms with van der Waals surface area (Å²) < 4.78 is 38.7. The fourth-order valence-corrected chi connectivity index (χ4v) is 5.99. The Bertz CT molecular complexity index is 910. The molecule has 2 atom stereocenters. The molecule has 1 fully saturated rings. The molecule has 1 aliphatic rings. The van der Waals surface area contributed by atoms with Gasteiger partial charge in [0.1, 0.15) is 10.0 Å². The van der Waals surface area contributed by atoms with E-state index in [1.807, 2.05) is 6.92 Å². The molecule has 0 aliphatic heterocycles. The Labute approximate surface area is 178 Å². The van der Waals surface area contributed by atoms with E-state index in [2.05, 4.69) is 4.98 Å². The van der Waals surface area contributed by atoms with Crippen LogP contribution in [0.15, 0.2) is 24.5 Å². The van der Waals surface area contributed by atoms with Crippen LogP contribution in [0.4, 0.5) is 13.8 Å². The molecule has 2 unspecified atom stereocenters. The van der Waals surface area contributed by atoms with E-state index in [9.17, 15) is 18.2 Å². The van der Waals surface area contributed by atoms with Crippen molar-refractivity contribution >= 4 is 55.9 Å². The van der Waals surface area contributed by atoms with E-state index >= 15 is 0 Å². The molecule has 2 heterocycles. The van der Waals surface area contributed by atoms with Crippen LogP contribution in [0.25, 0.3) is 10.6 Å². The van der Waals surface area contributed by atoms with Gasteiger partial charge in [-0.1, -0.05) is 35.2 Å². The van der Waals surface area contributed by atoms with Crippen LogP contribution in [0.3, 0.4) is 0 Å². The van der Waals surface area contributed by atoms with Gasteiger partial charge in [0.15, 0.2) is 17.5 Å². The van der Waals surface area contributed by atoms with Gasteiger partial charge in [0.25, 0.3) is 5.92 Å². The monoisotopic (exact) mass is 465 g/mol. The lowest BCUT2D eigenvalue weighted by Gasteiger charge is -2.21. The van der Waals surface area contributed by atoms with Gasteiger partial charge in [-0.05, 0) is 13.0 Å². The Kier molecular flexibility index (Phi) is 6.63. The molecule has 0 N–H and O–H groups in total. The summed E-state index contributed by atoms with van der Waals surface area (Å²) in [4.78, 5) is 6.65. The first-order valence-electron chi connectivity index (χ1n) is 8.60. The summed E-state index contributed by atoms with van der Waals surface area (Å²) in [5.41, 5.74) is 0.643. The maximum Gasteiger partial charge on any atom is 0.252 e. The van der Waals surface area contributed by atoms with E-state index in [4.69, 9.17) is 23.8 Å². The molecule has 11 heteroatoms. The lowest BCUT2D eigenvalue weighted by molar-refractivity contribution is -0.604. The second-order valence-electron chi connectivity index (χ2n) is 6.43. The molecule has 0 aromatic carbocycles. The summed E-state index contributed by atoms with van der Waals surface area (Å²) in [6.07, 6.45) is 2.95. The fourth-order valence-electron chi connectivity index (χ4n) is 2.69. The van der Waals surface area contributed by atoms with Crippen LogP contribution in [-0.4, -0.2) is 38.2 Å². The number of hydrogen-bond acceptors (Lipinski definition) is 5. The van der Waals surface area contributed by atoms with E-state index in [1.54, 1.807) is 17.0 Å². The van der Waals surface area contributed by atoms with Crippen molar-refractivity contribution in [2.24, 2.45) is 5.92 Å². The van der Waals surface area contributed by atoms with Crippen LogP contribution in [0.5, 0.6) is 0 Å². The second kappa shape index (κ2) is 8.64. The number of hydrogen-bond donors (Lipinski definition) is 0. The highest BCUT2D eigenvalue weighted by atomic mass is 35.5. The lowest BCUT2D eigenvalue weighted by Crippen LogP contribution is -2.29. The lowest BCUT2D eigenvalue weighted by atomic mass is 10.3. The smallest absolute Gasteiger partial charge is 0.252 e.